The van der Waals surface area contributed by atoms with Crippen LogP contribution in [-0.4, -0.2) is 37.2 Å². The maximum atomic E-state index is 11.1. The van der Waals surface area contributed by atoms with Gasteiger partial charge in [-0.1, -0.05) is 25.4 Å². The second-order valence-corrected chi connectivity index (χ2v) is 5.11. The first-order chi connectivity index (χ1) is 10.5. The molecule has 5 nitrogen and oxygen atoms in total. The molecule has 0 bridgehead atoms. The van der Waals surface area contributed by atoms with E-state index < -0.39 is 5.91 Å². The number of halogens is 1. The van der Waals surface area contributed by atoms with Crippen LogP contribution in [-0.2, 0) is 4.79 Å². The number of nitriles is 1. The van der Waals surface area contributed by atoms with Crippen molar-refractivity contribution in [2.75, 3.05) is 25.5 Å². The smallest absolute Gasteiger partial charge is 0.238 e. The number of aldehydes is 1. The lowest BCUT2D eigenvalue weighted by molar-refractivity contribution is -0.115. The molecule has 1 amide bonds. The molecule has 0 saturated carbocycles. The molecule has 0 unspecified atom stereocenters. The average molecular weight is 324 g/mol. The number of nitrogens with one attached hydrogen (secondary N) is 1. The normalized spacial score (nSPS) is 9.45. The minimum atomic E-state index is -0.434. The maximum Gasteiger partial charge on any atom is 0.238 e. The molecule has 1 aromatic rings. The van der Waals surface area contributed by atoms with E-state index in [9.17, 15) is 9.59 Å². The highest BCUT2D eigenvalue weighted by Crippen LogP contribution is 2.18. The minimum Gasteiger partial charge on any atom is -0.325 e. The maximum absolute atomic E-state index is 11.1. The number of nitrogens with zero attached hydrogens (tertiary/aromatic N) is 2. The second-order valence-electron chi connectivity index (χ2n) is 4.67. The summed E-state index contributed by atoms with van der Waals surface area (Å²) >= 11 is 5.71. The second kappa shape index (κ2) is 11.7. The number of benzene rings is 1. The van der Waals surface area contributed by atoms with Gasteiger partial charge in [0.25, 0.3) is 0 Å². The zero-order chi connectivity index (χ0) is 17.0. The van der Waals surface area contributed by atoms with E-state index in [0.717, 1.165) is 0 Å². The van der Waals surface area contributed by atoms with E-state index in [2.05, 4.69) is 31.1 Å². The summed E-state index contributed by atoms with van der Waals surface area (Å²) in [4.78, 5) is 23.9. The monoisotopic (exact) mass is 323 g/mol. The fourth-order valence-electron chi connectivity index (χ4n) is 1.57. The van der Waals surface area contributed by atoms with E-state index in [4.69, 9.17) is 16.9 Å². The van der Waals surface area contributed by atoms with Crippen LogP contribution < -0.4 is 5.32 Å². The van der Waals surface area contributed by atoms with Crippen LogP contribution in [0, 0.1) is 11.3 Å². The third-order valence-electron chi connectivity index (χ3n) is 2.72. The Kier molecular flexibility index (Phi) is 10.7. The molecule has 0 aromatic heterocycles. The predicted molar refractivity (Wildman–Crippen MR) is 89.2 cm³/mol. The summed E-state index contributed by atoms with van der Waals surface area (Å²) in [5.74, 6) is -0.434. The molecule has 0 radical (unpaired) electrons. The van der Waals surface area contributed by atoms with Crippen LogP contribution in [0.3, 0.4) is 0 Å². The molecule has 22 heavy (non-hydrogen) atoms. The highest BCUT2D eigenvalue weighted by Gasteiger charge is 2.03. The van der Waals surface area contributed by atoms with Gasteiger partial charge in [-0.2, -0.15) is 5.26 Å². The summed E-state index contributed by atoms with van der Waals surface area (Å²) in [6.07, 6.45) is 1.67. The van der Waals surface area contributed by atoms with Crippen LogP contribution in [0.25, 0.3) is 0 Å². The first-order valence-electron chi connectivity index (χ1n) is 7.07. The lowest BCUT2D eigenvalue weighted by atomic mass is 10.2. The molecule has 0 aliphatic carbocycles. The van der Waals surface area contributed by atoms with Crippen molar-refractivity contribution in [1.82, 2.24) is 4.90 Å². The fourth-order valence-corrected chi connectivity index (χ4v) is 1.81. The SMILES string of the molecule is CCCN(C)CC.N#CCC(=O)Nc1cc(Cl)cc(C=O)c1. The van der Waals surface area contributed by atoms with Crippen molar-refractivity contribution < 1.29 is 9.59 Å². The van der Waals surface area contributed by atoms with Gasteiger partial charge in [0.05, 0.1) is 6.07 Å². The van der Waals surface area contributed by atoms with Crippen molar-refractivity contribution in [3.63, 3.8) is 0 Å². The summed E-state index contributed by atoms with van der Waals surface area (Å²) < 4.78 is 0. The largest absolute Gasteiger partial charge is 0.325 e. The lowest BCUT2D eigenvalue weighted by Gasteiger charge is -2.10. The van der Waals surface area contributed by atoms with Gasteiger partial charge >= 0.3 is 0 Å². The molecule has 0 spiro atoms. The van der Waals surface area contributed by atoms with Gasteiger partial charge in [0.15, 0.2) is 0 Å². The average Bonchev–Trinajstić information content (AvgIpc) is 2.47. The first-order valence-corrected chi connectivity index (χ1v) is 7.45. The topological polar surface area (TPSA) is 73.2 Å². The Morgan fingerprint density at radius 3 is 2.55 bits per heavy atom. The summed E-state index contributed by atoms with van der Waals surface area (Å²) in [6.45, 7) is 6.78. The van der Waals surface area contributed by atoms with E-state index in [1.807, 2.05) is 0 Å². The van der Waals surface area contributed by atoms with Crippen molar-refractivity contribution in [2.45, 2.75) is 26.7 Å². The minimum absolute atomic E-state index is 0.233. The standard InChI is InChI=1S/C10H7ClN2O2.C6H15N/c11-8-3-7(6-14)4-9(5-8)13-10(15)1-2-12;1-4-6-7(3)5-2/h3-6H,1H2,(H,13,15);4-6H2,1-3H3. The zero-order valence-electron chi connectivity index (χ0n) is 13.2. The van der Waals surface area contributed by atoms with Crippen molar-refractivity contribution >= 4 is 29.5 Å². The van der Waals surface area contributed by atoms with Crippen molar-refractivity contribution in [1.29, 1.82) is 5.26 Å². The lowest BCUT2D eigenvalue weighted by Crippen LogP contribution is -2.17. The highest BCUT2D eigenvalue weighted by atomic mass is 35.5. The third-order valence-corrected chi connectivity index (χ3v) is 2.94. The Balaban J connectivity index is 0.000000534. The predicted octanol–water partition coefficient (Wildman–Crippen LogP) is 3.35. The van der Waals surface area contributed by atoms with Crippen LogP contribution in [0.1, 0.15) is 37.0 Å². The molecular weight excluding hydrogens is 302 g/mol. The van der Waals surface area contributed by atoms with Crippen LogP contribution in [0.5, 0.6) is 0 Å². The Bertz CT molecular complexity index is 527. The molecule has 1 aromatic carbocycles. The van der Waals surface area contributed by atoms with Gasteiger partial charge in [0, 0.05) is 16.3 Å². The Hall–Kier alpha value is -1.90. The van der Waals surface area contributed by atoms with Crippen LogP contribution in [0.4, 0.5) is 5.69 Å². The summed E-state index contributed by atoms with van der Waals surface area (Å²) in [6, 6.07) is 6.18. The third kappa shape index (κ3) is 9.11. The van der Waals surface area contributed by atoms with Gasteiger partial charge < -0.3 is 10.2 Å². The number of rotatable bonds is 6. The highest BCUT2D eigenvalue weighted by molar-refractivity contribution is 6.31. The number of anilines is 1. The summed E-state index contributed by atoms with van der Waals surface area (Å²) in [7, 11) is 2.14. The quantitative estimate of drug-likeness (QED) is 0.815. The Morgan fingerprint density at radius 1 is 1.41 bits per heavy atom. The molecule has 0 saturated heterocycles. The fraction of sp³-hybridized carbons (Fsp3) is 0.438. The van der Waals surface area contributed by atoms with E-state index in [1.54, 1.807) is 6.07 Å². The molecule has 0 fully saturated rings. The molecule has 0 atom stereocenters. The van der Waals surface area contributed by atoms with Gasteiger partial charge in [-0.15, -0.1) is 0 Å². The molecule has 0 heterocycles. The molecular formula is C16H22ClN3O2. The molecule has 1 rings (SSSR count). The molecule has 1 N–H and O–H groups in total. The van der Waals surface area contributed by atoms with Crippen LogP contribution >= 0.6 is 11.6 Å². The van der Waals surface area contributed by atoms with Gasteiger partial charge in [-0.05, 0) is 44.8 Å². The van der Waals surface area contributed by atoms with E-state index in [-0.39, 0.29) is 6.42 Å². The van der Waals surface area contributed by atoms with Gasteiger partial charge in [0.2, 0.25) is 5.91 Å². The Morgan fingerprint density at radius 2 is 2.09 bits per heavy atom. The van der Waals surface area contributed by atoms with Gasteiger partial charge in [-0.3, -0.25) is 9.59 Å². The number of amides is 1. The van der Waals surface area contributed by atoms with Gasteiger partial charge in [-0.25, -0.2) is 0 Å². The van der Waals surface area contributed by atoms with E-state index >= 15 is 0 Å². The summed E-state index contributed by atoms with van der Waals surface area (Å²) in [5.41, 5.74) is 0.777. The van der Waals surface area contributed by atoms with Crippen molar-refractivity contribution in [2.24, 2.45) is 0 Å². The number of carbonyl (C=O) groups is 2. The molecule has 120 valence electrons. The number of hydrogen-bond acceptors (Lipinski definition) is 4. The van der Waals surface area contributed by atoms with E-state index in [0.29, 0.717) is 22.6 Å². The van der Waals surface area contributed by atoms with Crippen molar-refractivity contribution in [3.8, 4) is 6.07 Å². The van der Waals surface area contributed by atoms with E-state index in [1.165, 1.54) is 37.7 Å². The molecule has 0 aliphatic rings. The Labute approximate surface area is 136 Å². The first kappa shape index (κ1) is 20.1. The molecule has 6 heteroatoms. The van der Waals surface area contributed by atoms with Gasteiger partial charge in [0.1, 0.15) is 12.7 Å². The molecule has 0 aliphatic heterocycles. The number of carbonyl (C=O) groups excluding carboxylic acids is 2. The van der Waals surface area contributed by atoms with Crippen molar-refractivity contribution in [3.05, 3.63) is 28.8 Å². The zero-order valence-corrected chi connectivity index (χ0v) is 14.0. The number of hydrogen-bond donors (Lipinski definition) is 1. The van der Waals surface area contributed by atoms with Crippen LogP contribution in [0.15, 0.2) is 18.2 Å². The summed E-state index contributed by atoms with van der Waals surface area (Å²) in [5, 5.41) is 11.1. The van der Waals surface area contributed by atoms with Crippen LogP contribution in [0.2, 0.25) is 5.02 Å².